The average Bonchev–Trinajstić information content (AvgIpc) is 3.15. The van der Waals surface area contributed by atoms with Crippen molar-refractivity contribution in [3.63, 3.8) is 0 Å². The van der Waals surface area contributed by atoms with Crippen LogP contribution >= 0.6 is 11.3 Å². The molecule has 0 aliphatic carbocycles. The molecule has 3 N–H and O–H groups in total. The normalized spacial score (nSPS) is 11.5. The number of anilines is 2. The number of amides is 1. The lowest BCUT2D eigenvalue weighted by molar-refractivity contribution is 0.102. The van der Waals surface area contributed by atoms with Gasteiger partial charge < -0.3 is 15.6 Å². The quantitative estimate of drug-likeness (QED) is 0.733. The van der Waals surface area contributed by atoms with E-state index in [-0.39, 0.29) is 22.8 Å². The summed E-state index contributed by atoms with van der Waals surface area (Å²) in [6.07, 6.45) is 0. The van der Waals surface area contributed by atoms with Crippen LogP contribution in [0, 0.1) is 0 Å². The minimum atomic E-state index is -0.333. The summed E-state index contributed by atoms with van der Waals surface area (Å²) >= 11 is 1.47. The Kier molecular flexibility index (Phi) is 4.15. The van der Waals surface area contributed by atoms with E-state index in [0.717, 1.165) is 4.88 Å². The Labute approximate surface area is 144 Å². The highest BCUT2D eigenvalue weighted by Gasteiger charge is 2.23. The molecule has 0 atom stereocenters. The van der Waals surface area contributed by atoms with Gasteiger partial charge >= 0.3 is 0 Å². The molecule has 0 spiro atoms. The molecule has 24 heavy (non-hydrogen) atoms. The van der Waals surface area contributed by atoms with E-state index < -0.39 is 0 Å². The van der Waals surface area contributed by atoms with Crippen LogP contribution in [0.1, 0.15) is 36.7 Å². The number of nitrogens with one attached hydrogen (secondary N) is 1. The van der Waals surface area contributed by atoms with Crippen molar-refractivity contribution in [1.82, 2.24) is 5.16 Å². The summed E-state index contributed by atoms with van der Waals surface area (Å²) in [6.45, 7) is 6.43. The van der Waals surface area contributed by atoms with Crippen LogP contribution in [0.2, 0.25) is 0 Å². The Morgan fingerprint density at radius 2 is 1.92 bits per heavy atom. The summed E-state index contributed by atoms with van der Waals surface area (Å²) in [6, 6.07) is 11.5. The van der Waals surface area contributed by atoms with E-state index in [9.17, 15) is 4.79 Å². The molecule has 124 valence electrons. The Balaban J connectivity index is 1.85. The van der Waals surface area contributed by atoms with E-state index >= 15 is 0 Å². The Morgan fingerprint density at radius 3 is 2.50 bits per heavy atom. The molecule has 0 saturated heterocycles. The topological polar surface area (TPSA) is 81.2 Å². The first-order valence-corrected chi connectivity index (χ1v) is 8.45. The third-order valence-electron chi connectivity index (χ3n) is 3.71. The highest BCUT2D eigenvalue weighted by atomic mass is 32.1. The van der Waals surface area contributed by atoms with Gasteiger partial charge in [-0.25, -0.2) is 0 Å². The zero-order valence-electron chi connectivity index (χ0n) is 13.8. The zero-order valence-corrected chi connectivity index (χ0v) is 14.6. The molecule has 0 unspecified atom stereocenters. The van der Waals surface area contributed by atoms with Crippen LogP contribution in [0.3, 0.4) is 0 Å². The van der Waals surface area contributed by atoms with Crippen LogP contribution < -0.4 is 11.1 Å². The van der Waals surface area contributed by atoms with Gasteiger partial charge in [0.2, 0.25) is 5.88 Å². The second-order valence-electron chi connectivity index (χ2n) is 6.53. The number of rotatable bonds is 3. The molecule has 0 bridgehead atoms. The van der Waals surface area contributed by atoms with Crippen molar-refractivity contribution in [2.24, 2.45) is 0 Å². The summed E-state index contributed by atoms with van der Waals surface area (Å²) < 4.78 is 5.02. The second kappa shape index (κ2) is 6.13. The van der Waals surface area contributed by atoms with Gasteiger partial charge in [-0.3, -0.25) is 4.79 Å². The molecule has 0 aliphatic heterocycles. The van der Waals surface area contributed by atoms with Crippen LogP contribution in [0.25, 0.3) is 10.6 Å². The van der Waals surface area contributed by atoms with Crippen molar-refractivity contribution in [2.75, 3.05) is 11.1 Å². The standard InChI is InChI=1S/C18H19N3O2S/c1-18(2,3)11-6-8-12(9-7-11)20-17(22)14-15(21-23-16(14)19)13-5-4-10-24-13/h4-10H,19H2,1-3H3,(H,20,22). The SMILES string of the molecule is CC(C)(C)c1ccc(NC(=O)c2c(-c3cccs3)noc2N)cc1. The summed E-state index contributed by atoms with van der Waals surface area (Å²) in [5.41, 5.74) is 8.48. The van der Waals surface area contributed by atoms with Crippen LogP contribution in [-0.4, -0.2) is 11.1 Å². The number of nitrogens with two attached hydrogens (primary N) is 1. The molecule has 1 amide bonds. The molecule has 0 fully saturated rings. The fourth-order valence-electron chi connectivity index (χ4n) is 2.35. The lowest BCUT2D eigenvalue weighted by Gasteiger charge is -2.19. The highest BCUT2D eigenvalue weighted by molar-refractivity contribution is 7.13. The maximum absolute atomic E-state index is 12.6. The Bertz CT molecular complexity index is 844. The first-order chi connectivity index (χ1) is 11.4. The summed E-state index contributed by atoms with van der Waals surface area (Å²) in [7, 11) is 0. The predicted molar refractivity (Wildman–Crippen MR) is 97.3 cm³/mol. The lowest BCUT2D eigenvalue weighted by Crippen LogP contribution is -2.15. The van der Waals surface area contributed by atoms with Crippen molar-refractivity contribution in [3.05, 3.63) is 52.9 Å². The number of benzene rings is 1. The average molecular weight is 341 g/mol. The number of carbonyl (C=O) groups excluding carboxylic acids is 1. The molecule has 0 saturated carbocycles. The van der Waals surface area contributed by atoms with Gasteiger partial charge in [-0.05, 0) is 34.6 Å². The molecule has 0 radical (unpaired) electrons. The van der Waals surface area contributed by atoms with Crippen molar-refractivity contribution >= 4 is 28.8 Å². The third kappa shape index (κ3) is 3.19. The maximum atomic E-state index is 12.6. The molecular weight excluding hydrogens is 322 g/mol. The van der Waals surface area contributed by atoms with Crippen molar-refractivity contribution in [2.45, 2.75) is 26.2 Å². The number of aromatic nitrogens is 1. The largest absolute Gasteiger partial charge is 0.367 e. The monoisotopic (exact) mass is 341 g/mol. The Hall–Kier alpha value is -2.60. The molecule has 1 aromatic carbocycles. The zero-order chi connectivity index (χ0) is 17.3. The molecule has 5 nitrogen and oxygen atoms in total. The fourth-order valence-corrected chi connectivity index (χ4v) is 3.06. The van der Waals surface area contributed by atoms with E-state index in [0.29, 0.717) is 11.4 Å². The van der Waals surface area contributed by atoms with Gasteiger partial charge in [0.1, 0.15) is 11.3 Å². The number of hydrogen-bond acceptors (Lipinski definition) is 5. The number of carbonyl (C=O) groups is 1. The van der Waals surface area contributed by atoms with Gasteiger partial charge in [-0.15, -0.1) is 11.3 Å². The number of hydrogen-bond donors (Lipinski definition) is 2. The summed E-state index contributed by atoms with van der Waals surface area (Å²) in [4.78, 5) is 13.4. The van der Waals surface area contributed by atoms with E-state index in [1.54, 1.807) is 0 Å². The van der Waals surface area contributed by atoms with E-state index in [2.05, 4.69) is 31.2 Å². The molecule has 2 aromatic heterocycles. The lowest BCUT2D eigenvalue weighted by atomic mass is 9.87. The first kappa shape index (κ1) is 16.3. The molecule has 3 rings (SSSR count). The number of nitrogen functional groups attached to an aromatic ring is 1. The van der Waals surface area contributed by atoms with Crippen LogP contribution in [0.5, 0.6) is 0 Å². The fraction of sp³-hybridized carbons (Fsp3) is 0.222. The molecular formula is C18H19N3O2S. The van der Waals surface area contributed by atoms with Crippen molar-refractivity contribution in [1.29, 1.82) is 0 Å². The van der Waals surface area contributed by atoms with Gasteiger partial charge in [0.25, 0.3) is 5.91 Å². The van der Waals surface area contributed by atoms with Gasteiger partial charge in [0.05, 0.1) is 4.88 Å². The number of nitrogens with zero attached hydrogens (tertiary/aromatic N) is 1. The maximum Gasteiger partial charge on any atom is 0.263 e. The van der Waals surface area contributed by atoms with Crippen molar-refractivity contribution in [3.8, 4) is 10.6 Å². The molecule has 2 heterocycles. The van der Waals surface area contributed by atoms with Crippen molar-refractivity contribution < 1.29 is 9.32 Å². The smallest absolute Gasteiger partial charge is 0.263 e. The molecule has 3 aromatic rings. The molecule has 6 heteroatoms. The first-order valence-electron chi connectivity index (χ1n) is 7.57. The van der Waals surface area contributed by atoms with Gasteiger partial charge in [0.15, 0.2) is 0 Å². The predicted octanol–water partition coefficient (Wildman–Crippen LogP) is 4.54. The van der Waals surface area contributed by atoms with E-state index in [4.69, 9.17) is 10.3 Å². The van der Waals surface area contributed by atoms with Gasteiger partial charge in [-0.2, -0.15) is 0 Å². The minimum Gasteiger partial charge on any atom is -0.367 e. The van der Waals surface area contributed by atoms with Gasteiger partial charge in [-0.1, -0.05) is 44.1 Å². The third-order valence-corrected chi connectivity index (χ3v) is 4.59. The van der Waals surface area contributed by atoms with Crippen LogP contribution in [-0.2, 0) is 5.41 Å². The van der Waals surface area contributed by atoms with E-state index in [1.165, 1.54) is 16.9 Å². The summed E-state index contributed by atoms with van der Waals surface area (Å²) in [5.74, 6) is -0.317. The summed E-state index contributed by atoms with van der Waals surface area (Å²) in [5, 5.41) is 8.68. The van der Waals surface area contributed by atoms with Crippen LogP contribution in [0.15, 0.2) is 46.3 Å². The number of thiophene rings is 1. The van der Waals surface area contributed by atoms with E-state index in [1.807, 2.05) is 41.8 Å². The minimum absolute atomic E-state index is 0.0159. The second-order valence-corrected chi connectivity index (χ2v) is 7.48. The Morgan fingerprint density at radius 1 is 1.21 bits per heavy atom. The highest BCUT2D eigenvalue weighted by Crippen LogP contribution is 2.31. The van der Waals surface area contributed by atoms with Gasteiger partial charge in [0, 0.05) is 5.69 Å². The molecule has 0 aliphatic rings. The van der Waals surface area contributed by atoms with Crippen LogP contribution in [0.4, 0.5) is 11.6 Å².